The van der Waals surface area contributed by atoms with Crippen molar-refractivity contribution in [1.82, 2.24) is 30.2 Å². The van der Waals surface area contributed by atoms with Crippen LogP contribution in [0.1, 0.15) is 64.8 Å². The normalized spacial score (nSPS) is 23.8. The number of para-hydroxylation sites is 1. The number of hydrogen-bond acceptors (Lipinski definition) is 12. The summed E-state index contributed by atoms with van der Waals surface area (Å²) in [6.07, 6.45) is 7.52. The van der Waals surface area contributed by atoms with E-state index in [2.05, 4.69) is 30.2 Å². The number of nitrogens with two attached hydrogens (primary N) is 2. The van der Waals surface area contributed by atoms with E-state index in [0.29, 0.717) is 28.9 Å². The maximum Gasteiger partial charge on any atom is 0.255 e. The first-order valence-electron chi connectivity index (χ1n) is 19.2. The van der Waals surface area contributed by atoms with Gasteiger partial charge in [0.05, 0.1) is 17.3 Å². The number of phenols is 1. The highest BCUT2D eigenvalue weighted by atomic mass is 16.3. The second-order valence-corrected chi connectivity index (χ2v) is 15.6. The monoisotopic (exact) mass is 739 g/mol. The highest BCUT2D eigenvalue weighted by Crippen LogP contribution is 2.41. The van der Waals surface area contributed by atoms with Crippen LogP contribution in [0.3, 0.4) is 0 Å². The topological polar surface area (TPSA) is 181 Å². The number of likely N-dealkylation sites (tertiary alicyclic amines) is 1. The summed E-state index contributed by atoms with van der Waals surface area (Å²) in [6, 6.07) is 12.0. The molecule has 1 spiro atoms. The molecule has 4 fully saturated rings. The lowest BCUT2D eigenvalue weighted by molar-refractivity contribution is -0.136. The van der Waals surface area contributed by atoms with E-state index in [4.69, 9.17) is 11.5 Å². The molecule has 5 heterocycles. The molecule has 0 radical (unpaired) electrons. The molecule has 288 valence electrons. The second-order valence-electron chi connectivity index (χ2n) is 15.6. The number of rotatable bonds is 9. The molecule has 54 heavy (non-hydrogen) atoms. The van der Waals surface area contributed by atoms with Crippen LogP contribution < -0.4 is 27.0 Å². The largest absolute Gasteiger partial charge is 0.507 e. The quantitative estimate of drug-likeness (QED) is 0.185. The molecule has 0 bridgehead atoms. The minimum absolute atomic E-state index is 0.145. The fourth-order valence-electron chi connectivity index (χ4n) is 8.98. The van der Waals surface area contributed by atoms with E-state index < -0.39 is 17.9 Å². The molecule has 2 aromatic rings. The number of piperidine rings is 3. The Hall–Kier alpha value is -5.08. The Morgan fingerprint density at radius 1 is 1.02 bits per heavy atom. The summed E-state index contributed by atoms with van der Waals surface area (Å²) in [5.41, 5.74) is 16.5. The van der Waals surface area contributed by atoms with Gasteiger partial charge in [0, 0.05) is 88.3 Å². The van der Waals surface area contributed by atoms with Gasteiger partial charge in [-0.2, -0.15) is 0 Å². The van der Waals surface area contributed by atoms with Gasteiger partial charge in [0.25, 0.3) is 5.91 Å². The minimum atomic E-state index is -0.752. The first-order chi connectivity index (χ1) is 26.0. The number of hydrogen-bond donors (Lipinski definition) is 5. The van der Waals surface area contributed by atoms with Crippen molar-refractivity contribution in [3.63, 3.8) is 0 Å². The van der Waals surface area contributed by atoms with Crippen LogP contribution in [0.15, 0.2) is 60.1 Å². The number of imide groups is 1. The van der Waals surface area contributed by atoms with E-state index in [9.17, 15) is 24.3 Å². The summed E-state index contributed by atoms with van der Waals surface area (Å²) in [7, 11) is 1.54. The summed E-state index contributed by atoms with van der Waals surface area (Å²) in [6.45, 7) is 9.44. The van der Waals surface area contributed by atoms with Gasteiger partial charge in [0.1, 0.15) is 17.6 Å². The fourth-order valence-corrected chi connectivity index (χ4v) is 8.98. The molecule has 7 rings (SSSR count). The van der Waals surface area contributed by atoms with E-state index in [0.717, 1.165) is 96.1 Å². The fraction of sp³-hybridized carbons (Fsp3) is 0.500. The van der Waals surface area contributed by atoms with E-state index in [1.807, 2.05) is 18.2 Å². The maximum absolute atomic E-state index is 13.4. The lowest BCUT2D eigenvalue weighted by Crippen LogP contribution is -2.60. The SMILES string of the molecule is CN(C(=O)c1ccc(N2CCCC3(CCN(CCN4CCN5C(/C=C(\N)c6ccccc6O)=C(N)NCC5C4)CC3)C2)cc1C=O)C1CCC(=O)NC1=O. The molecule has 0 aromatic heterocycles. The van der Waals surface area contributed by atoms with Gasteiger partial charge in [-0.05, 0) is 87.0 Å². The van der Waals surface area contributed by atoms with Crippen molar-refractivity contribution in [3.8, 4) is 5.75 Å². The maximum atomic E-state index is 13.4. The number of fused-ring (bicyclic) bond motifs is 1. The number of aldehydes is 1. The standard InChI is InChI=1S/C40H53N9O5/c1-45(33-9-10-36(52)44-38(33)53)39(54)30-8-7-28(21-27(30)25-50)48-14-4-11-40(26-48)12-15-46(16-13-40)17-18-47-19-20-49-29(24-47)23-43-37(42)34(49)22-32(41)31-5-2-3-6-35(31)51/h2-3,5-8,21-22,25,29,33,43,51H,4,9-20,23-24,26,41-42H2,1H3,(H,44,52,53)/b32-22-. The molecule has 3 amide bonds. The zero-order valence-corrected chi connectivity index (χ0v) is 31.1. The van der Waals surface area contributed by atoms with Crippen molar-refractivity contribution < 1.29 is 24.3 Å². The van der Waals surface area contributed by atoms with Crippen molar-refractivity contribution in [2.75, 3.05) is 77.4 Å². The van der Waals surface area contributed by atoms with Crippen LogP contribution in [-0.2, 0) is 9.59 Å². The highest BCUT2D eigenvalue weighted by molar-refractivity contribution is 6.06. The number of amides is 3. The van der Waals surface area contributed by atoms with E-state index >= 15 is 0 Å². The summed E-state index contributed by atoms with van der Waals surface area (Å²) in [5, 5.41) is 16.0. The number of nitrogens with zero attached hydrogens (tertiary/aromatic N) is 5. The van der Waals surface area contributed by atoms with Crippen molar-refractivity contribution in [3.05, 3.63) is 76.7 Å². The lowest BCUT2D eigenvalue weighted by Gasteiger charge is -2.49. The van der Waals surface area contributed by atoms with Gasteiger partial charge in [0.2, 0.25) is 11.8 Å². The zero-order chi connectivity index (χ0) is 38.0. The first kappa shape index (κ1) is 37.2. The van der Waals surface area contributed by atoms with Gasteiger partial charge in [-0.1, -0.05) is 12.1 Å². The Morgan fingerprint density at radius 2 is 1.80 bits per heavy atom. The molecule has 7 N–H and O–H groups in total. The first-order valence-corrected chi connectivity index (χ1v) is 19.2. The number of allylic oxidation sites excluding steroid dienone is 1. The van der Waals surface area contributed by atoms with Crippen molar-refractivity contribution >= 4 is 35.4 Å². The van der Waals surface area contributed by atoms with Gasteiger partial charge in [-0.25, -0.2) is 0 Å². The number of nitrogens with one attached hydrogen (secondary N) is 2. The number of anilines is 1. The predicted octanol–water partition coefficient (Wildman–Crippen LogP) is 1.48. The van der Waals surface area contributed by atoms with Crippen LogP contribution in [-0.4, -0.2) is 133 Å². The van der Waals surface area contributed by atoms with E-state index in [1.54, 1.807) is 37.4 Å². The Morgan fingerprint density at radius 3 is 2.56 bits per heavy atom. The molecule has 14 nitrogen and oxygen atoms in total. The number of carbonyl (C=O) groups is 4. The minimum Gasteiger partial charge on any atom is -0.507 e. The second kappa shape index (κ2) is 15.7. The van der Waals surface area contributed by atoms with Gasteiger partial charge >= 0.3 is 0 Å². The average Bonchev–Trinajstić information content (AvgIpc) is 3.18. The molecule has 2 atom stereocenters. The number of phenolic OH excluding ortho intramolecular Hbond substituents is 1. The highest BCUT2D eigenvalue weighted by Gasteiger charge is 2.39. The third-order valence-corrected chi connectivity index (χ3v) is 12.3. The van der Waals surface area contributed by atoms with Crippen LogP contribution in [0.2, 0.25) is 0 Å². The third-order valence-electron chi connectivity index (χ3n) is 12.3. The molecule has 5 aliphatic heterocycles. The molecule has 14 heteroatoms. The Bertz CT molecular complexity index is 1840. The van der Waals surface area contributed by atoms with E-state index in [1.165, 1.54) is 11.3 Å². The van der Waals surface area contributed by atoms with Crippen molar-refractivity contribution in [2.24, 2.45) is 16.9 Å². The number of carbonyl (C=O) groups excluding carboxylic acids is 4. The molecule has 2 unspecified atom stereocenters. The zero-order valence-electron chi connectivity index (χ0n) is 31.1. The summed E-state index contributed by atoms with van der Waals surface area (Å²) in [4.78, 5) is 60.8. The van der Waals surface area contributed by atoms with E-state index in [-0.39, 0.29) is 41.5 Å². The Kier molecular flexibility index (Phi) is 10.8. The van der Waals surface area contributed by atoms with Gasteiger partial charge in [0.15, 0.2) is 6.29 Å². The van der Waals surface area contributed by atoms with Gasteiger partial charge in [-0.15, -0.1) is 0 Å². The number of benzene rings is 2. The van der Waals surface area contributed by atoms with Crippen LogP contribution in [0, 0.1) is 5.41 Å². The third kappa shape index (κ3) is 7.76. The Labute approximate surface area is 316 Å². The number of likely N-dealkylation sites (N-methyl/N-ethyl adjacent to an activating group) is 1. The van der Waals surface area contributed by atoms with Crippen LogP contribution in [0.5, 0.6) is 5.75 Å². The molecule has 2 aromatic carbocycles. The van der Waals surface area contributed by atoms with Gasteiger partial charge in [-0.3, -0.25) is 29.4 Å². The molecule has 4 saturated heterocycles. The van der Waals surface area contributed by atoms with Crippen LogP contribution >= 0.6 is 0 Å². The Balaban J connectivity index is 0.907. The van der Waals surface area contributed by atoms with Crippen LogP contribution in [0.25, 0.3) is 5.70 Å². The summed E-state index contributed by atoms with van der Waals surface area (Å²) in [5.74, 6) is -0.489. The smallest absolute Gasteiger partial charge is 0.255 e. The van der Waals surface area contributed by atoms with Crippen molar-refractivity contribution in [2.45, 2.75) is 50.6 Å². The molecule has 5 aliphatic rings. The van der Waals surface area contributed by atoms with Crippen LogP contribution in [0.4, 0.5) is 5.69 Å². The van der Waals surface area contributed by atoms with Crippen molar-refractivity contribution in [1.29, 1.82) is 0 Å². The average molecular weight is 740 g/mol. The number of aromatic hydroxyl groups is 1. The lowest BCUT2D eigenvalue weighted by atomic mass is 9.72. The molecule has 0 saturated carbocycles. The number of piperazine rings is 1. The predicted molar refractivity (Wildman–Crippen MR) is 206 cm³/mol. The summed E-state index contributed by atoms with van der Waals surface area (Å²) < 4.78 is 0. The van der Waals surface area contributed by atoms with Gasteiger partial charge < -0.3 is 41.5 Å². The molecular weight excluding hydrogens is 686 g/mol. The summed E-state index contributed by atoms with van der Waals surface area (Å²) >= 11 is 0. The molecule has 0 aliphatic carbocycles. The molecular formula is C40H53N9O5.